The highest BCUT2D eigenvalue weighted by Crippen LogP contribution is 2.20. The van der Waals surface area contributed by atoms with Gasteiger partial charge >= 0.3 is 0 Å². The van der Waals surface area contributed by atoms with Crippen LogP contribution in [-0.2, 0) is 22.5 Å². The molecular formula is C27H37N3O3. The Labute approximate surface area is 197 Å². The SMILES string of the molecule is COCC(=O)NCCCCCc1nc2ccccc2n1CCCCOc1cc(C)cc(C)c1. The van der Waals surface area contributed by atoms with Crippen LogP contribution < -0.4 is 10.1 Å². The highest BCUT2D eigenvalue weighted by molar-refractivity contribution is 5.77. The molecule has 0 bridgehead atoms. The molecule has 178 valence electrons. The number of benzene rings is 2. The molecule has 0 spiro atoms. The van der Waals surface area contributed by atoms with Crippen molar-refractivity contribution >= 4 is 16.9 Å². The smallest absolute Gasteiger partial charge is 0.245 e. The van der Waals surface area contributed by atoms with Crippen molar-refractivity contribution in [2.75, 3.05) is 26.9 Å². The summed E-state index contributed by atoms with van der Waals surface area (Å²) in [7, 11) is 1.53. The fourth-order valence-corrected chi connectivity index (χ4v) is 4.14. The van der Waals surface area contributed by atoms with Crippen LogP contribution in [0.5, 0.6) is 5.75 Å². The maximum Gasteiger partial charge on any atom is 0.245 e. The monoisotopic (exact) mass is 451 g/mol. The largest absolute Gasteiger partial charge is 0.494 e. The van der Waals surface area contributed by atoms with Gasteiger partial charge in [0.15, 0.2) is 0 Å². The zero-order valence-electron chi connectivity index (χ0n) is 20.2. The molecule has 1 heterocycles. The van der Waals surface area contributed by atoms with Crippen LogP contribution in [-0.4, -0.2) is 42.3 Å². The van der Waals surface area contributed by atoms with Crippen LogP contribution in [0.2, 0.25) is 0 Å². The van der Waals surface area contributed by atoms with Crippen LogP contribution in [0.1, 0.15) is 49.1 Å². The Hall–Kier alpha value is -2.86. The molecule has 3 rings (SSSR count). The molecule has 1 amide bonds. The third kappa shape index (κ3) is 7.90. The number of hydrogen-bond donors (Lipinski definition) is 1. The summed E-state index contributed by atoms with van der Waals surface area (Å²) in [5.41, 5.74) is 4.73. The number of fused-ring (bicyclic) bond motifs is 1. The Morgan fingerprint density at radius 1 is 1.00 bits per heavy atom. The number of carbonyl (C=O) groups is 1. The fourth-order valence-electron chi connectivity index (χ4n) is 4.14. The van der Waals surface area contributed by atoms with Gasteiger partial charge < -0.3 is 19.4 Å². The summed E-state index contributed by atoms with van der Waals surface area (Å²) >= 11 is 0. The van der Waals surface area contributed by atoms with Crippen LogP contribution in [0.25, 0.3) is 11.0 Å². The maximum absolute atomic E-state index is 11.4. The molecule has 0 radical (unpaired) electrons. The lowest BCUT2D eigenvalue weighted by Crippen LogP contribution is -2.27. The fraction of sp³-hybridized carbons (Fsp3) is 0.481. The Morgan fingerprint density at radius 3 is 2.58 bits per heavy atom. The van der Waals surface area contributed by atoms with Crippen molar-refractivity contribution < 1.29 is 14.3 Å². The van der Waals surface area contributed by atoms with Gasteiger partial charge in [0, 0.05) is 26.6 Å². The van der Waals surface area contributed by atoms with Crippen molar-refractivity contribution in [2.24, 2.45) is 0 Å². The van der Waals surface area contributed by atoms with Crippen molar-refractivity contribution in [3.63, 3.8) is 0 Å². The lowest BCUT2D eigenvalue weighted by molar-refractivity contribution is -0.124. The molecule has 0 aliphatic heterocycles. The molecular weight excluding hydrogens is 414 g/mol. The number of aryl methyl sites for hydroxylation is 4. The van der Waals surface area contributed by atoms with E-state index in [1.807, 2.05) is 6.07 Å². The minimum absolute atomic E-state index is 0.0548. The number of nitrogens with one attached hydrogen (secondary N) is 1. The van der Waals surface area contributed by atoms with Gasteiger partial charge in [-0.25, -0.2) is 4.98 Å². The average Bonchev–Trinajstić information content (AvgIpc) is 3.13. The lowest BCUT2D eigenvalue weighted by Gasteiger charge is -2.11. The third-order valence-corrected chi connectivity index (χ3v) is 5.65. The summed E-state index contributed by atoms with van der Waals surface area (Å²) in [4.78, 5) is 16.3. The highest BCUT2D eigenvalue weighted by Gasteiger charge is 2.10. The molecule has 0 aliphatic rings. The van der Waals surface area contributed by atoms with Crippen LogP contribution in [0.4, 0.5) is 0 Å². The Bertz CT molecular complexity index is 1010. The molecule has 0 unspecified atom stereocenters. The predicted molar refractivity (Wildman–Crippen MR) is 133 cm³/mol. The number of nitrogens with zero attached hydrogens (tertiary/aromatic N) is 2. The second-order valence-electron chi connectivity index (χ2n) is 8.64. The van der Waals surface area contributed by atoms with E-state index < -0.39 is 0 Å². The number of methoxy groups -OCH3 is 1. The topological polar surface area (TPSA) is 65.4 Å². The quantitative estimate of drug-likeness (QED) is 0.351. The van der Waals surface area contributed by atoms with Gasteiger partial charge in [-0.15, -0.1) is 0 Å². The van der Waals surface area contributed by atoms with Gasteiger partial charge in [-0.2, -0.15) is 0 Å². The van der Waals surface area contributed by atoms with Gasteiger partial charge in [-0.3, -0.25) is 4.79 Å². The molecule has 6 nitrogen and oxygen atoms in total. The molecule has 2 aromatic carbocycles. The van der Waals surface area contributed by atoms with Crippen molar-refractivity contribution in [1.82, 2.24) is 14.9 Å². The number of imidazole rings is 1. The molecule has 0 saturated carbocycles. The molecule has 1 N–H and O–H groups in total. The Kier molecular flexibility index (Phi) is 9.76. The second-order valence-corrected chi connectivity index (χ2v) is 8.64. The number of hydrogen-bond acceptors (Lipinski definition) is 4. The number of aromatic nitrogens is 2. The maximum atomic E-state index is 11.4. The molecule has 0 saturated heterocycles. The summed E-state index contributed by atoms with van der Waals surface area (Å²) in [5, 5.41) is 2.88. The molecule has 33 heavy (non-hydrogen) atoms. The number of unbranched alkanes of at least 4 members (excludes halogenated alkanes) is 3. The van der Waals surface area contributed by atoms with E-state index in [4.69, 9.17) is 14.5 Å². The van der Waals surface area contributed by atoms with Crippen LogP contribution in [0, 0.1) is 13.8 Å². The molecule has 0 atom stereocenters. The normalized spacial score (nSPS) is 11.1. The van der Waals surface area contributed by atoms with E-state index in [9.17, 15) is 4.79 Å². The van der Waals surface area contributed by atoms with E-state index >= 15 is 0 Å². The summed E-state index contributed by atoms with van der Waals surface area (Å²) < 4.78 is 13.2. The second kappa shape index (κ2) is 13.0. The third-order valence-electron chi connectivity index (χ3n) is 5.65. The highest BCUT2D eigenvalue weighted by atomic mass is 16.5. The van der Waals surface area contributed by atoms with Gasteiger partial charge in [-0.05, 0) is 74.9 Å². The van der Waals surface area contributed by atoms with E-state index in [2.05, 4.69) is 60.1 Å². The summed E-state index contributed by atoms with van der Waals surface area (Å²) in [5.74, 6) is 2.05. The van der Waals surface area contributed by atoms with Crippen molar-refractivity contribution in [2.45, 2.75) is 58.9 Å². The first-order valence-electron chi connectivity index (χ1n) is 12.0. The van der Waals surface area contributed by atoms with Gasteiger partial charge in [0.25, 0.3) is 0 Å². The molecule has 6 heteroatoms. The van der Waals surface area contributed by atoms with Crippen LogP contribution in [0.3, 0.4) is 0 Å². The number of amides is 1. The van der Waals surface area contributed by atoms with Gasteiger partial charge in [0.2, 0.25) is 5.91 Å². The van der Waals surface area contributed by atoms with Gasteiger partial charge in [0.05, 0.1) is 17.6 Å². The minimum Gasteiger partial charge on any atom is -0.494 e. The molecule has 0 aliphatic carbocycles. The number of rotatable bonds is 14. The van der Waals surface area contributed by atoms with E-state index in [1.54, 1.807) is 0 Å². The number of carbonyl (C=O) groups excluding carboxylic acids is 1. The van der Waals surface area contributed by atoms with Gasteiger partial charge in [-0.1, -0.05) is 24.6 Å². The van der Waals surface area contributed by atoms with E-state index in [-0.39, 0.29) is 12.5 Å². The Balaban J connectivity index is 1.46. The van der Waals surface area contributed by atoms with E-state index in [0.717, 1.165) is 68.8 Å². The van der Waals surface area contributed by atoms with Crippen LogP contribution in [0.15, 0.2) is 42.5 Å². The molecule has 3 aromatic rings. The number of ether oxygens (including phenoxy) is 2. The average molecular weight is 452 g/mol. The summed E-state index contributed by atoms with van der Waals surface area (Å²) in [6.07, 6.45) is 6.06. The van der Waals surface area contributed by atoms with Crippen molar-refractivity contribution in [3.8, 4) is 5.75 Å². The van der Waals surface area contributed by atoms with Crippen molar-refractivity contribution in [1.29, 1.82) is 0 Å². The summed E-state index contributed by atoms with van der Waals surface area (Å²) in [6, 6.07) is 14.7. The number of para-hydroxylation sites is 2. The zero-order chi connectivity index (χ0) is 23.5. The molecule has 0 fully saturated rings. The first-order chi connectivity index (χ1) is 16.1. The predicted octanol–water partition coefficient (Wildman–Crippen LogP) is 4.99. The minimum atomic E-state index is -0.0548. The van der Waals surface area contributed by atoms with Crippen molar-refractivity contribution in [3.05, 3.63) is 59.4 Å². The van der Waals surface area contributed by atoms with Gasteiger partial charge in [0.1, 0.15) is 18.2 Å². The van der Waals surface area contributed by atoms with E-state index in [1.165, 1.54) is 23.8 Å². The van der Waals surface area contributed by atoms with Crippen LogP contribution >= 0.6 is 0 Å². The first-order valence-corrected chi connectivity index (χ1v) is 12.0. The van der Waals surface area contributed by atoms with E-state index in [0.29, 0.717) is 6.54 Å². The zero-order valence-corrected chi connectivity index (χ0v) is 20.2. The standard InChI is InChI=1S/C27H37N3O3/c1-21-17-22(2)19-23(18-21)33-16-10-9-15-30-25-12-7-6-11-24(25)29-26(30)13-5-4-8-14-28-27(31)20-32-3/h6-7,11-12,17-19H,4-5,8-10,13-16,20H2,1-3H3,(H,28,31). The Morgan fingerprint density at radius 2 is 1.79 bits per heavy atom. The molecule has 1 aromatic heterocycles. The summed E-state index contributed by atoms with van der Waals surface area (Å²) in [6.45, 7) is 6.68. The first kappa shape index (κ1) is 24.8. The lowest BCUT2D eigenvalue weighted by atomic mass is 10.1.